The normalized spacial score (nSPS) is 17.7. The van der Waals surface area contributed by atoms with Crippen molar-refractivity contribution in [3.05, 3.63) is 35.6 Å². The first-order valence-electron chi connectivity index (χ1n) is 13.3. The number of amides is 2. The van der Waals surface area contributed by atoms with Gasteiger partial charge in [0.05, 0.1) is 23.1 Å². The van der Waals surface area contributed by atoms with Crippen LogP contribution in [0.15, 0.2) is 40.5 Å². The highest BCUT2D eigenvalue weighted by Gasteiger charge is 2.31. The number of nitrogens with zero attached hydrogens (tertiary/aromatic N) is 3. The van der Waals surface area contributed by atoms with E-state index in [2.05, 4.69) is 37.7 Å². The number of aromatic nitrogens is 2. The van der Waals surface area contributed by atoms with Crippen molar-refractivity contribution in [2.24, 2.45) is 11.3 Å². The van der Waals surface area contributed by atoms with Crippen LogP contribution < -0.4 is 20.9 Å². The Kier molecular flexibility index (Phi) is 10.1. The molecule has 0 aliphatic carbocycles. The van der Waals surface area contributed by atoms with E-state index in [0.717, 1.165) is 68.5 Å². The molecule has 0 bridgehead atoms. The summed E-state index contributed by atoms with van der Waals surface area (Å²) in [7, 11) is 0. The summed E-state index contributed by atoms with van der Waals surface area (Å²) in [6.45, 7) is 6.32. The summed E-state index contributed by atoms with van der Waals surface area (Å²) >= 11 is 8.05. The van der Waals surface area contributed by atoms with Crippen molar-refractivity contribution in [1.82, 2.24) is 20.6 Å². The van der Waals surface area contributed by atoms with Gasteiger partial charge < -0.3 is 26.0 Å². The minimum Gasteiger partial charge on any atom is -0.465 e. The van der Waals surface area contributed by atoms with Crippen molar-refractivity contribution >= 4 is 46.9 Å². The third-order valence-electron chi connectivity index (χ3n) is 7.50. The first-order valence-corrected chi connectivity index (χ1v) is 14.5. The lowest BCUT2D eigenvalue weighted by molar-refractivity contribution is -0.116. The molecule has 0 radical (unpaired) electrons. The molecule has 4 rings (SSSR count). The molecule has 2 fully saturated rings. The van der Waals surface area contributed by atoms with Crippen molar-refractivity contribution in [3.8, 4) is 0 Å². The number of piperidine rings is 2. The van der Waals surface area contributed by atoms with E-state index in [1.165, 1.54) is 24.6 Å². The first kappa shape index (κ1) is 28.4. The lowest BCUT2D eigenvalue weighted by Crippen LogP contribution is -2.44. The topological polar surface area (TPSA) is 119 Å². The van der Waals surface area contributed by atoms with Gasteiger partial charge >= 0.3 is 6.09 Å². The number of nitrogens with one attached hydrogen (secondary N) is 3. The van der Waals surface area contributed by atoms with E-state index in [1.807, 2.05) is 18.2 Å². The molecule has 2 saturated heterocycles. The van der Waals surface area contributed by atoms with E-state index in [9.17, 15) is 9.59 Å². The van der Waals surface area contributed by atoms with Gasteiger partial charge in [-0.25, -0.2) is 14.8 Å². The number of rotatable bonds is 10. The Morgan fingerprint density at radius 2 is 1.97 bits per heavy atom. The zero-order valence-electron chi connectivity index (χ0n) is 21.8. The average molecular weight is 561 g/mol. The van der Waals surface area contributed by atoms with E-state index in [0.29, 0.717) is 28.7 Å². The summed E-state index contributed by atoms with van der Waals surface area (Å²) in [5.74, 6) is 1.51. The van der Waals surface area contributed by atoms with Gasteiger partial charge in [0.15, 0.2) is 0 Å². The molecule has 9 nitrogen and oxygen atoms in total. The van der Waals surface area contributed by atoms with Crippen molar-refractivity contribution in [1.29, 1.82) is 0 Å². The van der Waals surface area contributed by atoms with Gasteiger partial charge in [-0.05, 0) is 75.1 Å². The van der Waals surface area contributed by atoms with E-state index in [4.69, 9.17) is 16.7 Å². The monoisotopic (exact) mass is 560 g/mol. The Balaban J connectivity index is 1.27. The maximum Gasteiger partial charge on any atom is 0.404 e. The fourth-order valence-corrected chi connectivity index (χ4v) is 6.07. The van der Waals surface area contributed by atoms with Gasteiger partial charge in [-0.1, -0.05) is 36.4 Å². The molecule has 1 aromatic heterocycles. The zero-order valence-corrected chi connectivity index (χ0v) is 23.4. The van der Waals surface area contributed by atoms with Gasteiger partial charge in [-0.3, -0.25) is 4.79 Å². The highest BCUT2D eigenvalue weighted by Crippen LogP contribution is 2.37. The second-order valence-electron chi connectivity index (χ2n) is 10.5. The number of anilines is 2. The minimum atomic E-state index is -0.983. The van der Waals surface area contributed by atoms with Crippen molar-refractivity contribution < 1.29 is 14.7 Å². The van der Waals surface area contributed by atoms with Crippen molar-refractivity contribution in [3.63, 3.8) is 0 Å². The number of carbonyl (C=O) groups is 2. The van der Waals surface area contributed by atoms with Crippen LogP contribution in [0.1, 0.15) is 51.9 Å². The molecule has 11 heteroatoms. The molecular formula is C27H37ClN6O3S. The van der Waals surface area contributed by atoms with E-state index >= 15 is 0 Å². The maximum absolute atomic E-state index is 12.5. The molecule has 2 aliphatic heterocycles. The van der Waals surface area contributed by atoms with E-state index in [-0.39, 0.29) is 11.3 Å². The molecule has 2 aromatic rings. The largest absolute Gasteiger partial charge is 0.465 e. The molecule has 2 aliphatic rings. The van der Waals surface area contributed by atoms with Gasteiger partial charge in [0.25, 0.3) is 0 Å². The highest BCUT2D eigenvalue weighted by atomic mass is 35.5. The predicted octanol–water partition coefficient (Wildman–Crippen LogP) is 5.26. The molecule has 2 amide bonds. The summed E-state index contributed by atoms with van der Waals surface area (Å²) in [5.41, 5.74) is 0.560. The third-order valence-corrected chi connectivity index (χ3v) is 9.00. The van der Waals surface area contributed by atoms with Gasteiger partial charge in [-0.15, -0.1) is 0 Å². The SMILES string of the molecule is CC1(CNC(=O)O)CCN(c2cnc(Sc3cccc(NC(=O)CCCC4CCNCC4)c3Cl)cn2)CC1. The summed E-state index contributed by atoms with van der Waals surface area (Å²) in [5, 5.41) is 19.0. The molecule has 38 heavy (non-hydrogen) atoms. The molecular weight excluding hydrogens is 524 g/mol. The van der Waals surface area contributed by atoms with Gasteiger partial charge in [0.2, 0.25) is 5.91 Å². The second-order valence-corrected chi connectivity index (χ2v) is 12.0. The maximum atomic E-state index is 12.5. The van der Waals surface area contributed by atoms with Crippen LogP contribution in [0.4, 0.5) is 16.3 Å². The molecule has 1 aromatic carbocycles. The number of hydrogen-bond donors (Lipinski definition) is 4. The Labute approximate surface area is 233 Å². The Morgan fingerprint density at radius 3 is 2.66 bits per heavy atom. The van der Waals surface area contributed by atoms with Crippen LogP contribution in [0.3, 0.4) is 0 Å². The van der Waals surface area contributed by atoms with Crippen LogP contribution in [0.2, 0.25) is 5.02 Å². The fourth-order valence-electron chi connectivity index (χ4n) is 5.00. The van der Waals surface area contributed by atoms with Crippen molar-refractivity contribution in [2.45, 2.75) is 61.8 Å². The van der Waals surface area contributed by atoms with Crippen LogP contribution in [0, 0.1) is 11.3 Å². The Hall–Kier alpha value is -2.56. The number of carboxylic acid groups (broad SMARTS) is 1. The highest BCUT2D eigenvalue weighted by molar-refractivity contribution is 7.99. The Morgan fingerprint density at radius 1 is 1.21 bits per heavy atom. The summed E-state index contributed by atoms with van der Waals surface area (Å²) in [4.78, 5) is 35.5. The average Bonchev–Trinajstić information content (AvgIpc) is 2.91. The summed E-state index contributed by atoms with van der Waals surface area (Å²) in [6, 6.07) is 5.61. The number of halogens is 1. The van der Waals surface area contributed by atoms with Crippen LogP contribution in [0.5, 0.6) is 0 Å². The van der Waals surface area contributed by atoms with Crippen molar-refractivity contribution in [2.75, 3.05) is 42.9 Å². The van der Waals surface area contributed by atoms with Gasteiger partial charge in [0, 0.05) is 31.0 Å². The zero-order chi connectivity index (χ0) is 27.0. The number of hydrogen-bond acceptors (Lipinski definition) is 7. The lowest BCUT2D eigenvalue weighted by atomic mass is 9.80. The summed E-state index contributed by atoms with van der Waals surface area (Å²) < 4.78 is 0. The smallest absolute Gasteiger partial charge is 0.404 e. The quantitative estimate of drug-likeness (QED) is 0.310. The predicted molar refractivity (Wildman–Crippen MR) is 151 cm³/mol. The Bertz CT molecular complexity index is 1090. The van der Waals surface area contributed by atoms with Gasteiger partial charge in [-0.2, -0.15) is 0 Å². The molecule has 0 unspecified atom stereocenters. The third kappa shape index (κ3) is 8.22. The van der Waals surface area contributed by atoms with Crippen LogP contribution in [-0.2, 0) is 4.79 Å². The van der Waals surface area contributed by atoms with Crippen LogP contribution >= 0.6 is 23.4 Å². The minimum absolute atomic E-state index is 0.0106. The standard InChI is InChI=1S/C27H37ClN6O3S/c1-27(18-32-26(36)37)10-14-34(15-11-27)22-16-31-24(17-30-22)38-21-6-3-5-20(25(21)28)33-23(35)7-2-4-19-8-12-29-13-9-19/h3,5-6,16-17,19,29,32H,2,4,7-15,18H2,1H3,(H,33,35)(H,36,37). The molecule has 3 heterocycles. The van der Waals surface area contributed by atoms with Crippen LogP contribution in [0.25, 0.3) is 0 Å². The number of benzene rings is 1. The summed E-state index contributed by atoms with van der Waals surface area (Å²) in [6.07, 6.45) is 9.13. The first-order chi connectivity index (χ1) is 18.3. The molecule has 0 saturated carbocycles. The number of carbonyl (C=O) groups excluding carboxylic acids is 1. The molecule has 206 valence electrons. The fraction of sp³-hybridized carbons (Fsp3) is 0.556. The second kappa shape index (κ2) is 13.5. The molecule has 0 spiro atoms. The van der Waals surface area contributed by atoms with Crippen LogP contribution in [-0.4, -0.2) is 59.8 Å². The van der Waals surface area contributed by atoms with E-state index in [1.54, 1.807) is 12.4 Å². The molecule has 4 N–H and O–H groups in total. The molecule has 0 atom stereocenters. The lowest BCUT2D eigenvalue weighted by Gasteiger charge is -2.39. The van der Waals surface area contributed by atoms with E-state index < -0.39 is 6.09 Å². The van der Waals surface area contributed by atoms with Gasteiger partial charge in [0.1, 0.15) is 10.8 Å².